The Kier molecular flexibility index (Phi) is 6.64. The lowest BCUT2D eigenvalue weighted by molar-refractivity contribution is 0.102. The van der Waals surface area contributed by atoms with Gasteiger partial charge in [0.15, 0.2) is 0 Å². The van der Waals surface area contributed by atoms with Gasteiger partial charge in [0.25, 0.3) is 5.91 Å². The van der Waals surface area contributed by atoms with Crippen molar-refractivity contribution in [2.75, 3.05) is 41.8 Å². The third-order valence-corrected chi connectivity index (χ3v) is 5.89. The van der Waals surface area contributed by atoms with Gasteiger partial charge < -0.3 is 25.4 Å². The Morgan fingerprint density at radius 3 is 2.72 bits per heavy atom. The Labute approximate surface area is 209 Å². The molecular formula is C27H28N6O3. The van der Waals surface area contributed by atoms with E-state index >= 15 is 0 Å². The van der Waals surface area contributed by atoms with Gasteiger partial charge in [-0.2, -0.15) is 0 Å². The van der Waals surface area contributed by atoms with Crippen molar-refractivity contribution in [1.82, 2.24) is 15.0 Å². The average molecular weight is 485 g/mol. The lowest BCUT2D eigenvalue weighted by Gasteiger charge is -2.27. The van der Waals surface area contributed by atoms with Crippen LogP contribution in [-0.2, 0) is 4.74 Å². The van der Waals surface area contributed by atoms with Crippen LogP contribution in [0.15, 0.2) is 60.9 Å². The van der Waals surface area contributed by atoms with Gasteiger partial charge in [0.2, 0.25) is 5.95 Å². The molecule has 0 bridgehead atoms. The standard InChI is InChI=1S/C27H28N6O3/c1-17(2)30-27-29-16-20-13-22(24(34)15-23(20)32-27)18-4-3-5-21(12-18)31-26(35)19-6-7-28-25(14-19)33-8-10-36-11-9-33/h3-7,12-17,34H,8-11H2,1-2H3,(H,31,35)(H,29,30,32). The highest BCUT2D eigenvalue weighted by atomic mass is 16.5. The predicted octanol–water partition coefficient (Wildman–Crippen LogP) is 4.31. The molecule has 2 aromatic heterocycles. The first-order valence-corrected chi connectivity index (χ1v) is 11.9. The maximum Gasteiger partial charge on any atom is 0.255 e. The second-order valence-electron chi connectivity index (χ2n) is 8.96. The van der Waals surface area contributed by atoms with E-state index in [1.165, 1.54) is 0 Å². The summed E-state index contributed by atoms with van der Waals surface area (Å²) < 4.78 is 5.40. The lowest BCUT2D eigenvalue weighted by atomic mass is 10.0. The van der Waals surface area contributed by atoms with Crippen LogP contribution in [0.5, 0.6) is 5.75 Å². The van der Waals surface area contributed by atoms with Gasteiger partial charge in [0.1, 0.15) is 11.6 Å². The molecule has 0 saturated carbocycles. The van der Waals surface area contributed by atoms with Gasteiger partial charge in [-0.3, -0.25) is 4.79 Å². The number of aromatic hydroxyl groups is 1. The van der Waals surface area contributed by atoms with E-state index in [1.54, 1.807) is 30.6 Å². The molecule has 4 aromatic rings. The Bertz CT molecular complexity index is 1400. The number of benzene rings is 2. The van der Waals surface area contributed by atoms with Crippen LogP contribution in [0.1, 0.15) is 24.2 Å². The monoisotopic (exact) mass is 484 g/mol. The number of ether oxygens (including phenoxy) is 1. The molecule has 3 N–H and O–H groups in total. The molecule has 5 rings (SSSR count). The molecule has 1 aliphatic heterocycles. The SMILES string of the molecule is CC(C)Nc1ncc2cc(-c3cccc(NC(=O)c4ccnc(N5CCOCC5)c4)c3)c(O)cc2n1. The fraction of sp³-hybridized carbons (Fsp3) is 0.259. The van der Waals surface area contributed by atoms with Crippen molar-refractivity contribution in [2.24, 2.45) is 0 Å². The van der Waals surface area contributed by atoms with E-state index in [-0.39, 0.29) is 17.7 Å². The molecule has 0 spiro atoms. The number of pyridine rings is 1. The normalized spacial score (nSPS) is 13.7. The number of fused-ring (bicyclic) bond motifs is 1. The molecule has 184 valence electrons. The summed E-state index contributed by atoms with van der Waals surface area (Å²) in [5, 5.41) is 17.7. The van der Waals surface area contributed by atoms with Crippen LogP contribution in [0, 0.1) is 0 Å². The van der Waals surface area contributed by atoms with Crippen LogP contribution in [0.3, 0.4) is 0 Å². The summed E-state index contributed by atoms with van der Waals surface area (Å²) in [5.41, 5.74) is 3.18. The van der Waals surface area contributed by atoms with Crippen LogP contribution in [-0.4, -0.2) is 58.3 Å². The van der Waals surface area contributed by atoms with Crippen molar-refractivity contribution in [3.8, 4) is 16.9 Å². The van der Waals surface area contributed by atoms with Crippen LogP contribution >= 0.6 is 0 Å². The quantitative estimate of drug-likeness (QED) is 0.371. The van der Waals surface area contributed by atoms with E-state index in [9.17, 15) is 9.90 Å². The van der Waals surface area contributed by atoms with Crippen LogP contribution < -0.4 is 15.5 Å². The number of amides is 1. The maximum absolute atomic E-state index is 13.0. The maximum atomic E-state index is 13.0. The van der Waals surface area contributed by atoms with Gasteiger partial charge in [-0.05, 0) is 49.7 Å². The summed E-state index contributed by atoms with van der Waals surface area (Å²) in [6.07, 6.45) is 3.38. The van der Waals surface area contributed by atoms with E-state index in [4.69, 9.17) is 4.74 Å². The highest BCUT2D eigenvalue weighted by Gasteiger charge is 2.15. The molecule has 1 aliphatic rings. The third-order valence-electron chi connectivity index (χ3n) is 5.89. The first-order chi connectivity index (χ1) is 17.5. The minimum Gasteiger partial charge on any atom is -0.507 e. The van der Waals surface area contributed by atoms with E-state index in [2.05, 4.69) is 30.5 Å². The number of phenolic OH excluding ortho intramolecular Hbond substituents is 1. The van der Waals surface area contributed by atoms with Crippen LogP contribution in [0.2, 0.25) is 0 Å². The van der Waals surface area contributed by atoms with Gasteiger partial charge >= 0.3 is 0 Å². The number of phenols is 1. The number of hydrogen-bond acceptors (Lipinski definition) is 8. The molecule has 9 heteroatoms. The summed E-state index contributed by atoms with van der Waals surface area (Å²) in [6, 6.07) is 14.5. The zero-order valence-corrected chi connectivity index (χ0v) is 20.2. The molecule has 1 fully saturated rings. The molecule has 9 nitrogen and oxygen atoms in total. The third kappa shape index (κ3) is 5.21. The minimum atomic E-state index is -0.231. The molecule has 0 atom stereocenters. The number of carbonyl (C=O) groups excluding carboxylic acids is 1. The highest BCUT2D eigenvalue weighted by molar-refractivity contribution is 6.05. The van der Waals surface area contributed by atoms with E-state index in [0.717, 1.165) is 29.9 Å². The smallest absolute Gasteiger partial charge is 0.255 e. The number of nitrogens with one attached hydrogen (secondary N) is 2. The van der Waals surface area contributed by atoms with Crippen molar-refractivity contribution >= 4 is 34.3 Å². The zero-order chi connectivity index (χ0) is 25.1. The number of anilines is 3. The summed E-state index contributed by atoms with van der Waals surface area (Å²) in [7, 11) is 0. The molecule has 0 unspecified atom stereocenters. The van der Waals surface area contributed by atoms with E-state index < -0.39 is 0 Å². The topological polar surface area (TPSA) is 112 Å². The largest absolute Gasteiger partial charge is 0.507 e. The van der Waals surface area contributed by atoms with Crippen molar-refractivity contribution in [3.05, 3.63) is 66.5 Å². The molecular weight excluding hydrogens is 456 g/mol. The highest BCUT2D eigenvalue weighted by Crippen LogP contribution is 2.34. The number of morpholine rings is 1. The molecule has 0 radical (unpaired) electrons. The van der Waals surface area contributed by atoms with Crippen LogP contribution in [0.25, 0.3) is 22.0 Å². The van der Waals surface area contributed by atoms with Gasteiger partial charge in [-0.15, -0.1) is 0 Å². The minimum absolute atomic E-state index is 0.101. The first-order valence-electron chi connectivity index (χ1n) is 11.9. The molecule has 2 aromatic carbocycles. The van der Waals surface area contributed by atoms with Crippen molar-refractivity contribution < 1.29 is 14.6 Å². The second kappa shape index (κ2) is 10.2. The Morgan fingerprint density at radius 1 is 1.08 bits per heavy atom. The predicted molar refractivity (Wildman–Crippen MR) is 141 cm³/mol. The fourth-order valence-corrected chi connectivity index (χ4v) is 4.12. The molecule has 0 aliphatic carbocycles. The zero-order valence-electron chi connectivity index (χ0n) is 20.2. The summed E-state index contributed by atoms with van der Waals surface area (Å²) in [5.74, 6) is 1.15. The van der Waals surface area contributed by atoms with Gasteiger partial charge in [-0.25, -0.2) is 15.0 Å². The Balaban J connectivity index is 1.37. The number of rotatable bonds is 6. The van der Waals surface area contributed by atoms with Gasteiger partial charge in [0.05, 0.1) is 18.7 Å². The fourth-order valence-electron chi connectivity index (χ4n) is 4.12. The van der Waals surface area contributed by atoms with Gasteiger partial charge in [-0.1, -0.05) is 12.1 Å². The molecule has 1 amide bonds. The first kappa shape index (κ1) is 23.5. The summed E-state index contributed by atoms with van der Waals surface area (Å²) >= 11 is 0. The lowest BCUT2D eigenvalue weighted by Crippen LogP contribution is -2.36. The van der Waals surface area contributed by atoms with E-state index in [1.807, 2.05) is 44.2 Å². The number of aromatic nitrogens is 3. The van der Waals surface area contributed by atoms with Crippen molar-refractivity contribution in [3.63, 3.8) is 0 Å². The molecule has 1 saturated heterocycles. The second-order valence-corrected chi connectivity index (χ2v) is 8.96. The van der Waals surface area contributed by atoms with E-state index in [0.29, 0.717) is 41.5 Å². The van der Waals surface area contributed by atoms with Crippen molar-refractivity contribution in [2.45, 2.75) is 19.9 Å². The Hall–Kier alpha value is -4.24. The van der Waals surface area contributed by atoms with Gasteiger partial charge in [0, 0.05) is 59.8 Å². The van der Waals surface area contributed by atoms with Crippen LogP contribution in [0.4, 0.5) is 17.5 Å². The average Bonchev–Trinajstić information content (AvgIpc) is 2.88. The summed E-state index contributed by atoms with van der Waals surface area (Å²) in [6.45, 7) is 6.81. The number of nitrogens with zero attached hydrogens (tertiary/aromatic N) is 4. The van der Waals surface area contributed by atoms with Crippen molar-refractivity contribution in [1.29, 1.82) is 0 Å². The molecule has 36 heavy (non-hydrogen) atoms. The number of hydrogen-bond donors (Lipinski definition) is 3. The number of carbonyl (C=O) groups is 1. The Morgan fingerprint density at radius 2 is 1.92 bits per heavy atom. The summed E-state index contributed by atoms with van der Waals surface area (Å²) in [4.78, 5) is 28.4. The molecule has 3 heterocycles.